The van der Waals surface area contributed by atoms with Gasteiger partial charge in [-0.25, -0.2) is 0 Å². The van der Waals surface area contributed by atoms with Crippen LogP contribution in [0, 0.1) is 0 Å². The number of rotatable bonds is 59. The second-order valence-electron chi connectivity index (χ2n) is 25.3. The van der Waals surface area contributed by atoms with Gasteiger partial charge in [0.25, 0.3) is 0 Å². The molecule has 0 saturated carbocycles. The highest BCUT2D eigenvalue weighted by Crippen LogP contribution is 2.30. The molecule has 528 valence electrons. The first kappa shape index (κ1) is 84.5. The Morgan fingerprint density at radius 1 is 0.402 bits per heavy atom. The van der Waals surface area contributed by atoms with Gasteiger partial charge >= 0.3 is 0 Å². The molecule has 2 aliphatic heterocycles. The molecule has 2 saturated heterocycles. The second kappa shape index (κ2) is 61.0. The smallest absolute Gasteiger partial charge is 0.220 e. The van der Waals surface area contributed by atoms with E-state index in [4.69, 9.17) is 18.9 Å². The number of unbranched alkanes of at least 4 members (excludes halogenated alkanes) is 28. The number of hydrogen-bond acceptors (Lipinski definition) is 13. The molecule has 0 spiro atoms. The van der Waals surface area contributed by atoms with Crippen LogP contribution in [0.15, 0.2) is 122 Å². The lowest BCUT2D eigenvalue weighted by atomic mass is 9.97. The molecule has 2 aliphatic rings. The molecule has 0 radical (unpaired) electrons. The quantitative estimate of drug-likeness (QED) is 0.0204. The number of ether oxygens (including phenoxy) is 4. The van der Waals surface area contributed by atoms with Crippen LogP contribution < -0.4 is 5.32 Å². The summed E-state index contributed by atoms with van der Waals surface area (Å²) < 4.78 is 22.8. The highest BCUT2D eigenvalue weighted by atomic mass is 16.7. The summed E-state index contributed by atoms with van der Waals surface area (Å²) in [6.07, 6.45) is 72.5. The summed E-state index contributed by atoms with van der Waals surface area (Å²) in [6.45, 7) is 2.67. The number of allylic oxidation sites excluding steroid dienone is 19. The summed E-state index contributed by atoms with van der Waals surface area (Å²) in [7, 11) is 0. The third-order valence-corrected chi connectivity index (χ3v) is 17.1. The average Bonchev–Trinajstić information content (AvgIpc) is 0.844. The van der Waals surface area contributed by atoms with Crippen molar-refractivity contribution in [2.45, 2.75) is 344 Å². The summed E-state index contributed by atoms with van der Waals surface area (Å²) in [6, 6.07) is -0.952. The SMILES string of the molecule is CC/C=C\C/C=C\C/C=C\C/C=C\C/C=C\C/C=C\C/C=C\CCCCCCCCCCCC(=O)NC(COC1OC(CO)C(OC2OC(CO)C(O)C(O)C2O)C(O)C1O)C(O)/C=C/CC/C=C/CC/C=C/CCCCCCCCCCCCCCCCCCC. The maximum Gasteiger partial charge on any atom is 0.220 e. The van der Waals surface area contributed by atoms with Gasteiger partial charge in [-0.2, -0.15) is 0 Å². The van der Waals surface area contributed by atoms with Gasteiger partial charge in [0.2, 0.25) is 5.91 Å². The van der Waals surface area contributed by atoms with Gasteiger partial charge in [0.1, 0.15) is 48.8 Å². The summed E-state index contributed by atoms with van der Waals surface area (Å²) in [5.41, 5.74) is 0. The highest BCUT2D eigenvalue weighted by molar-refractivity contribution is 5.76. The fraction of sp³-hybridized carbons (Fsp3) is 0.731. The van der Waals surface area contributed by atoms with Crippen LogP contribution >= 0.6 is 0 Å². The van der Waals surface area contributed by atoms with E-state index in [1.807, 2.05) is 6.08 Å². The number of carbonyl (C=O) groups is 1. The van der Waals surface area contributed by atoms with Crippen molar-refractivity contribution >= 4 is 5.91 Å². The van der Waals surface area contributed by atoms with E-state index in [0.29, 0.717) is 12.8 Å². The van der Waals surface area contributed by atoms with Crippen molar-refractivity contribution in [1.29, 1.82) is 0 Å². The van der Waals surface area contributed by atoms with Gasteiger partial charge in [0.05, 0.1) is 32.0 Å². The van der Waals surface area contributed by atoms with Crippen LogP contribution in [0.5, 0.6) is 0 Å². The van der Waals surface area contributed by atoms with Crippen molar-refractivity contribution in [3.63, 3.8) is 0 Å². The van der Waals surface area contributed by atoms with Crippen LogP contribution in [0.1, 0.15) is 271 Å². The third kappa shape index (κ3) is 44.2. The molecule has 14 heteroatoms. The number of aliphatic hydroxyl groups is 8. The topological polar surface area (TPSA) is 228 Å². The van der Waals surface area contributed by atoms with E-state index in [1.165, 1.54) is 135 Å². The van der Waals surface area contributed by atoms with Gasteiger partial charge in [0.15, 0.2) is 12.6 Å². The van der Waals surface area contributed by atoms with E-state index in [1.54, 1.807) is 6.08 Å². The Hall–Kier alpha value is -3.61. The maximum atomic E-state index is 13.3. The van der Waals surface area contributed by atoms with Crippen molar-refractivity contribution in [2.75, 3.05) is 19.8 Å². The largest absolute Gasteiger partial charge is 0.394 e. The van der Waals surface area contributed by atoms with E-state index < -0.39 is 86.8 Å². The first-order valence-electron chi connectivity index (χ1n) is 36.8. The van der Waals surface area contributed by atoms with Crippen LogP contribution in [0.2, 0.25) is 0 Å². The minimum absolute atomic E-state index is 0.255. The summed E-state index contributed by atoms with van der Waals surface area (Å²) in [4.78, 5) is 13.3. The number of amides is 1. The number of hydrogen-bond donors (Lipinski definition) is 9. The van der Waals surface area contributed by atoms with Crippen molar-refractivity contribution < 1.29 is 64.6 Å². The molecule has 12 atom stereocenters. The monoisotopic (exact) mass is 1290 g/mol. The Bertz CT molecular complexity index is 2010. The molecule has 0 bridgehead atoms. The third-order valence-electron chi connectivity index (χ3n) is 17.1. The fourth-order valence-corrected chi connectivity index (χ4v) is 11.3. The van der Waals surface area contributed by atoms with Crippen molar-refractivity contribution in [3.05, 3.63) is 122 Å². The minimum atomic E-state index is -1.80. The number of nitrogens with one attached hydrogen (secondary N) is 1. The fourth-order valence-electron chi connectivity index (χ4n) is 11.3. The molecule has 0 aliphatic carbocycles. The van der Waals surface area contributed by atoms with Gasteiger partial charge in [0, 0.05) is 6.42 Å². The van der Waals surface area contributed by atoms with Crippen LogP contribution in [-0.2, 0) is 23.7 Å². The average molecular weight is 1290 g/mol. The van der Waals surface area contributed by atoms with Gasteiger partial charge in [-0.15, -0.1) is 0 Å². The van der Waals surface area contributed by atoms with Crippen LogP contribution in [0.25, 0.3) is 0 Å². The Morgan fingerprint density at radius 2 is 0.761 bits per heavy atom. The lowest BCUT2D eigenvalue weighted by Crippen LogP contribution is -2.65. The van der Waals surface area contributed by atoms with Crippen LogP contribution in [0.4, 0.5) is 0 Å². The summed E-state index contributed by atoms with van der Waals surface area (Å²) >= 11 is 0. The second-order valence-corrected chi connectivity index (χ2v) is 25.3. The highest BCUT2D eigenvalue weighted by Gasteiger charge is 2.51. The predicted molar refractivity (Wildman–Crippen MR) is 378 cm³/mol. The van der Waals surface area contributed by atoms with Crippen molar-refractivity contribution in [3.8, 4) is 0 Å². The van der Waals surface area contributed by atoms with Gasteiger partial charge in [-0.05, 0) is 103 Å². The molecule has 0 aromatic rings. The van der Waals surface area contributed by atoms with E-state index >= 15 is 0 Å². The maximum absolute atomic E-state index is 13.3. The lowest BCUT2D eigenvalue weighted by Gasteiger charge is -2.46. The van der Waals surface area contributed by atoms with E-state index in [0.717, 1.165) is 103 Å². The first-order chi connectivity index (χ1) is 45.1. The molecule has 1 amide bonds. The summed E-state index contributed by atoms with van der Waals surface area (Å²) in [5.74, 6) is -0.263. The molecule has 2 rings (SSSR count). The van der Waals surface area contributed by atoms with E-state index in [2.05, 4.69) is 129 Å². The number of aliphatic hydroxyl groups excluding tert-OH is 8. The molecular weight excluding hydrogens is 1160 g/mol. The molecular formula is C78H133NO13. The molecule has 2 fully saturated rings. The van der Waals surface area contributed by atoms with Crippen molar-refractivity contribution in [1.82, 2.24) is 5.32 Å². The zero-order chi connectivity index (χ0) is 66.6. The summed E-state index contributed by atoms with van der Waals surface area (Å²) in [5, 5.41) is 87.5. The molecule has 2 heterocycles. The van der Waals surface area contributed by atoms with Crippen LogP contribution in [-0.4, -0.2) is 140 Å². The first-order valence-corrected chi connectivity index (χ1v) is 36.8. The Kier molecular flexibility index (Phi) is 56.0. The molecule has 9 N–H and O–H groups in total. The number of carbonyl (C=O) groups excluding carboxylic acids is 1. The Morgan fingerprint density at radius 3 is 1.20 bits per heavy atom. The predicted octanol–water partition coefficient (Wildman–Crippen LogP) is 15.7. The van der Waals surface area contributed by atoms with E-state index in [9.17, 15) is 45.6 Å². The Labute approximate surface area is 558 Å². The molecule has 0 aromatic heterocycles. The zero-order valence-electron chi connectivity index (χ0n) is 57.5. The standard InChI is InChI=1S/C78H133NO13/c1-3-5-7-9-11-13-15-17-19-21-23-25-27-29-31-32-33-34-36-38-40-42-44-46-48-50-52-54-56-58-60-62-70(83)79-66(65-89-77-75(88)73(86)76(69(64-81)91-77)92-78-74(87)72(85)71(84)68(63-80)90-78)67(82)61-59-57-55-53-51-49-47-45-43-41-39-37-35-30-28-26-24-22-20-18-16-14-12-10-8-6-4-2/h5,7,11,13,17,19,23,25,29,31,33-34,38,40,43,45,51,53,59,61,66-69,71-78,80-82,84-88H,3-4,6,8-10,12,14-16,18,20-22,24,26-28,30,32,35-37,39,41-42,44,46-50,52,54-58,60,62-65H2,1-2H3,(H,79,83)/b7-5-,13-11-,19-17-,25-23-,31-29-,34-33-,40-38-,45-43+,53-51+,61-59+. The Balaban J connectivity index is 1.70. The zero-order valence-corrected chi connectivity index (χ0v) is 57.5. The van der Waals surface area contributed by atoms with Gasteiger partial charge in [-0.1, -0.05) is 283 Å². The van der Waals surface area contributed by atoms with Crippen LogP contribution in [0.3, 0.4) is 0 Å². The van der Waals surface area contributed by atoms with Gasteiger partial charge < -0.3 is 65.1 Å². The molecule has 12 unspecified atom stereocenters. The minimum Gasteiger partial charge on any atom is -0.394 e. The molecule has 0 aromatic carbocycles. The van der Waals surface area contributed by atoms with Crippen molar-refractivity contribution in [2.24, 2.45) is 0 Å². The van der Waals surface area contributed by atoms with Gasteiger partial charge in [-0.3, -0.25) is 4.79 Å². The van der Waals surface area contributed by atoms with E-state index in [-0.39, 0.29) is 18.9 Å². The molecule has 92 heavy (non-hydrogen) atoms. The normalized spacial score (nSPS) is 23.4. The molecule has 14 nitrogen and oxygen atoms in total. The lowest BCUT2D eigenvalue weighted by molar-refractivity contribution is -0.359.